The van der Waals surface area contributed by atoms with Gasteiger partial charge in [-0.1, -0.05) is 19.8 Å². The van der Waals surface area contributed by atoms with Crippen LogP contribution >= 0.6 is 0 Å². The Kier molecular flexibility index (Phi) is 4.82. The van der Waals surface area contributed by atoms with Crippen LogP contribution in [0.4, 0.5) is 36.3 Å². The molecule has 1 aliphatic carbocycles. The molecule has 5 rings (SSSR count). The number of fused-ring (bicyclic) bond motifs is 3. The van der Waals surface area contributed by atoms with Crippen molar-refractivity contribution in [2.24, 2.45) is 5.10 Å². The maximum atomic E-state index is 12.8. The zero-order valence-corrected chi connectivity index (χ0v) is 17.0. The van der Waals surface area contributed by atoms with Crippen molar-refractivity contribution in [1.82, 2.24) is 20.4 Å². The van der Waals surface area contributed by atoms with Crippen LogP contribution in [0.25, 0.3) is 0 Å². The second kappa shape index (κ2) is 7.54. The Morgan fingerprint density at radius 2 is 1.97 bits per heavy atom. The fourth-order valence-electron chi connectivity index (χ4n) is 4.71. The fraction of sp³-hybridized carbons (Fsp3) is 0.500. The molecule has 11 heteroatoms. The summed E-state index contributed by atoms with van der Waals surface area (Å²) in [5.74, 6) is 1.14. The second-order valence-electron chi connectivity index (χ2n) is 8.00. The van der Waals surface area contributed by atoms with Gasteiger partial charge in [-0.2, -0.15) is 23.3 Å². The predicted molar refractivity (Wildman–Crippen MR) is 111 cm³/mol. The number of aromatic nitrogens is 3. The molecule has 2 aromatic rings. The molecule has 0 amide bonds. The Morgan fingerprint density at radius 3 is 2.65 bits per heavy atom. The van der Waals surface area contributed by atoms with Crippen LogP contribution in [-0.4, -0.2) is 39.5 Å². The van der Waals surface area contributed by atoms with Crippen LogP contribution in [0.2, 0.25) is 0 Å². The van der Waals surface area contributed by atoms with Crippen molar-refractivity contribution in [3.05, 3.63) is 30.2 Å². The van der Waals surface area contributed by atoms with E-state index < -0.39 is 11.9 Å². The van der Waals surface area contributed by atoms with Crippen molar-refractivity contribution in [2.45, 2.75) is 63.5 Å². The lowest BCUT2D eigenvalue weighted by atomic mass is 10.0. The Bertz CT molecular complexity index is 971. The van der Waals surface area contributed by atoms with E-state index in [9.17, 15) is 13.2 Å². The molecule has 8 nitrogen and oxygen atoms in total. The van der Waals surface area contributed by atoms with Gasteiger partial charge in [-0.05, 0) is 31.4 Å². The van der Waals surface area contributed by atoms with Gasteiger partial charge in [0.05, 0.1) is 24.1 Å². The van der Waals surface area contributed by atoms with Crippen molar-refractivity contribution in [1.29, 1.82) is 0 Å². The highest BCUT2D eigenvalue weighted by Gasteiger charge is 2.44. The molecule has 0 radical (unpaired) electrons. The second-order valence-corrected chi connectivity index (χ2v) is 8.00. The summed E-state index contributed by atoms with van der Waals surface area (Å²) in [4.78, 5) is 17.1. The molecule has 0 saturated heterocycles. The lowest BCUT2D eigenvalue weighted by Crippen LogP contribution is -2.60. The van der Waals surface area contributed by atoms with Crippen LogP contribution < -0.4 is 20.5 Å². The molecule has 1 saturated carbocycles. The molecular weight excluding hydrogens is 409 g/mol. The van der Waals surface area contributed by atoms with Gasteiger partial charge in [0.25, 0.3) is 0 Å². The zero-order chi connectivity index (χ0) is 21.6. The Labute approximate surface area is 177 Å². The van der Waals surface area contributed by atoms with Gasteiger partial charge in [0.1, 0.15) is 23.9 Å². The van der Waals surface area contributed by atoms with E-state index in [1.54, 1.807) is 12.5 Å². The van der Waals surface area contributed by atoms with Gasteiger partial charge >= 0.3 is 6.18 Å². The lowest BCUT2D eigenvalue weighted by molar-refractivity contribution is -0.141. The monoisotopic (exact) mass is 432 g/mol. The molecule has 2 aromatic heterocycles. The minimum atomic E-state index is -4.47. The Balaban J connectivity index is 1.48. The topological polar surface area (TPSA) is 81.6 Å². The van der Waals surface area contributed by atoms with Gasteiger partial charge in [0.2, 0.25) is 5.95 Å². The van der Waals surface area contributed by atoms with E-state index in [1.165, 1.54) is 18.9 Å². The van der Waals surface area contributed by atoms with E-state index >= 15 is 0 Å². The summed E-state index contributed by atoms with van der Waals surface area (Å²) < 4.78 is 38.3. The third-order valence-electron chi connectivity index (χ3n) is 6.13. The van der Waals surface area contributed by atoms with E-state index in [0.717, 1.165) is 43.0 Å². The SMILES string of the molecule is CC[C@@H]1C2NN=CN2c2cnc(Nc3ccc(C(F)(F)F)nc3)nc2N1C1CCCC1. The number of nitrogens with one attached hydrogen (secondary N) is 2. The van der Waals surface area contributed by atoms with E-state index in [4.69, 9.17) is 4.98 Å². The van der Waals surface area contributed by atoms with E-state index in [-0.39, 0.29) is 12.2 Å². The number of alkyl halides is 3. The van der Waals surface area contributed by atoms with Crippen molar-refractivity contribution >= 4 is 29.5 Å². The van der Waals surface area contributed by atoms with Gasteiger partial charge in [-0.15, -0.1) is 0 Å². The molecule has 2 atom stereocenters. The van der Waals surface area contributed by atoms with Crippen molar-refractivity contribution in [3.63, 3.8) is 0 Å². The molecule has 0 aromatic carbocycles. The molecule has 1 unspecified atom stereocenters. The molecule has 0 spiro atoms. The van der Waals surface area contributed by atoms with Crippen molar-refractivity contribution in [3.8, 4) is 0 Å². The molecule has 31 heavy (non-hydrogen) atoms. The summed E-state index contributed by atoms with van der Waals surface area (Å²) in [6.45, 7) is 2.16. The molecule has 2 aliphatic heterocycles. The normalized spacial score (nSPS) is 23.0. The molecular formula is C20H23F3N8. The van der Waals surface area contributed by atoms with E-state index in [2.05, 4.69) is 42.5 Å². The summed E-state index contributed by atoms with van der Waals surface area (Å²) in [6, 6.07) is 2.85. The first-order valence-electron chi connectivity index (χ1n) is 10.5. The quantitative estimate of drug-likeness (QED) is 0.759. The van der Waals surface area contributed by atoms with Crippen LogP contribution in [0.3, 0.4) is 0 Å². The number of hydrogen-bond acceptors (Lipinski definition) is 8. The van der Waals surface area contributed by atoms with Crippen LogP contribution in [0.5, 0.6) is 0 Å². The minimum Gasteiger partial charge on any atom is -0.345 e. The van der Waals surface area contributed by atoms with Gasteiger partial charge < -0.3 is 15.1 Å². The zero-order valence-electron chi connectivity index (χ0n) is 17.0. The van der Waals surface area contributed by atoms with Crippen LogP contribution in [0.15, 0.2) is 29.6 Å². The van der Waals surface area contributed by atoms with E-state index in [0.29, 0.717) is 17.7 Å². The summed E-state index contributed by atoms with van der Waals surface area (Å²) in [5, 5.41) is 7.25. The molecule has 0 bridgehead atoms. The van der Waals surface area contributed by atoms with Gasteiger partial charge in [0, 0.05) is 6.04 Å². The number of hydrogen-bond donors (Lipinski definition) is 2. The summed E-state index contributed by atoms with van der Waals surface area (Å²) in [7, 11) is 0. The largest absolute Gasteiger partial charge is 0.433 e. The average molecular weight is 432 g/mol. The summed E-state index contributed by atoms with van der Waals surface area (Å²) in [6.07, 6.45) is 5.72. The predicted octanol–water partition coefficient (Wildman–Crippen LogP) is 3.85. The first-order chi connectivity index (χ1) is 15.0. The summed E-state index contributed by atoms with van der Waals surface area (Å²) >= 11 is 0. The van der Waals surface area contributed by atoms with Gasteiger partial charge in [-0.25, -0.2) is 9.97 Å². The maximum absolute atomic E-state index is 12.8. The molecule has 2 N–H and O–H groups in total. The molecule has 3 aliphatic rings. The average Bonchev–Trinajstić information content (AvgIpc) is 3.44. The van der Waals surface area contributed by atoms with Gasteiger partial charge in [0.15, 0.2) is 5.82 Å². The minimum absolute atomic E-state index is 0.0274. The highest BCUT2D eigenvalue weighted by Crippen LogP contribution is 2.42. The molecule has 1 fully saturated rings. The highest BCUT2D eigenvalue weighted by molar-refractivity contribution is 5.89. The number of pyridine rings is 1. The van der Waals surface area contributed by atoms with Crippen LogP contribution in [0.1, 0.15) is 44.7 Å². The summed E-state index contributed by atoms with van der Waals surface area (Å²) in [5.41, 5.74) is 3.53. The number of hydrazone groups is 1. The van der Waals surface area contributed by atoms with Crippen molar-refractivity contribution in [2.75, 3.05) is 15.1 Å². The number of halogens is 3. The third kappa shape index (κ3) is 3.51. The first kappa shape index (κ1) is 19.8. The number of nitrogens with zero attached hydrogens (tertiary/aromatic N) is 6. The Hall–Kier alpha value is -3.11. The number of rotatable bonds is 4. The lowest BCUT2D eigenvalue weighted by Gasteiger charge is -2.47. The number of anilines is 4. The smallest absolute Gasteiger partial charge is 0.345 e. The van der Waals surface area contributed by atoms with Crippen LogP contribution in [-0.2, 0) is 6.18 Å². The van der Waals surface area contributed by atoms with Crippen molar-refractivity contribution < 1.29 is 13.2 Å². The van der Waals surface area contributed by atoms with Crippen LogP contribution in [0, 0.1) is 0 Å². The third-order valence-corrected chi connectivity index (χ3v) is 6.13. The standard InChI is InChI=1S/C20H23F3N8/c1-2-14-18-29-26-11-30(18)15-10-25-19(28-17(15)31(14)13-5-3-4-6-13)27-12-7-8-16(24-9-12)20(21,22)23/h7-11,13-14,18,29H,2-6H2,1H3,(H,25,27,28)/t14-,18?/m1/s1. The molecule has 164 valence electrons. The van der Waals surface area contributed by atoms with Gasteiger partial charge in [-0.3, -0.25) is 5.43 Å². The fourth-order valence-corrected chi connectivity index (χ4v) is 4.71. The maximum Gasteiger partial charge on any atom is 0.433 e. The Morgan fingerprint density at radius 1 is 1.16 bits per heavy atom. The van der Waals surface area contributed by atoms with E-state index in [1.807, 2.05) is 0 Å². The first-order valence-corrected chi connectivity index (χ1v) is 10.5. The molecule has 4 heterocycles. The highest BCUT2D eigenvalue weighted by atomic mass is 19.4.